The van der Waals surface area contributed by atoms with Crippen LogP contribution >= 0.6 is 0 Å². The van der Waals surface area contributed by atoms with Crippen molar-refractivity contribution in [1.82, 2.24) is 4.90 Å². The summed E-state index contributed by atoms with van der Waals surface area (Å²) in [6.45, 7) is 9.25. The van der Waals surface area contributed by atoms with Gasteiger partial charge in [0.05, 0.1) is 18.8 Å². The Morgan fingerprint density at radius 1 is 1.62 bits per heavy atom. The summed E-state index contributed by atoms with van der Waals surface area (Å²) in [4.78, 5) is 2.39. The fourth-order valence-corrected chi connectivity index (χ4v) is 1.54. The average molecular weight is 181 g/mol. The highest BCUT2D eigenvalue weighted by Gasteiger charge is 2.19. The molecule has 2 atom stereocenters. The molecule has 0 bridgehead atoms. The number of ether oxygens (including phenoxy) is 1. The fourth-order valence-electron chi connectivity index (χ4n) is 1.54. The van der Waals surface area contributed by atoms with Gasteiger partial charge in [-0.25, -0.2) is 0 Å². The lowest BCUT2D eigenvalue weighted by Crippen LogP contribution is -2.45. The summed E-state index contributed by atoms with van der Waals surface area (Å²) in [5.74, 6) is 6.37. The lowest BCUT2D eigenvalue weighted by atomic mass is 10.2. The van der Waals surface area contributed by atoms with Crippen LogP contribution in [0.5, 0.6) is 0 Å². The molecule has 2 nitrogen and oxygen atoms in total. The molecule has 13 heavy (non-hydrogen) atoms. The number of hydrogen-bond donors (Lipinski definition) is 0. The Labute approximate surface area is 81.3 Å². The Morgan fingerprint density at radius 2 is 2.38 bits per heavy atom. The Hall–Kier alpha value is -0.520. The molecule has 1 heterocycles. The summed E-state index contributed by atoms with van der Waals surface area (Å²) < 4.78 is 5.47. The first-order valence-electron chi connectivity index (χ1n) is 5.08. The van der Waals surface area contributed by atoms with E-state index < -0.39 is 0 Å². The highest BCUT2D eigenvalue weighted by Crippen LogP contribution is 2.07. The molecule has 0 aromatic heterocycles. The van der Waals surface area contributed by atoms with Crippen LogP contribution in [0.2, 0.25) is 0 Å². The molecule has 0 saturated carbocycles. The van der Waals surface area contributed by atoms with Crippen molar-refractivity contribution < 1.29 is 4.74 Å². The third-order valence-corrected chi connectivity index (χ3v) is 2.31. The Bertz CT molecular complexity index is 204. The van der Waals surface area contributed by atoms with E-state index in [0.717, 1.165) is 26.1 Å². The zero-order valence-corrected chi connectivity index (χ0v) is 8.84. The molecule has 1 aliphatic heterocycles. The number of nitrogens with zero attached hydrogens (tertiary/aromatic N) is 1. The SMILES string of the molecule is CCC#CC(C)N1CCO[C@@H](C)C1. The molecule has 74 valence electrons. The van der Waals surface area contributed by atoms with Gasteiger partial charge in [0.15, 0.2) is 0 Å². The second kappa shape index (κ2) is 5.26. The van der Waals surface area contributed by atoms with E-state index in [1.807, 2.05) is 0 Å². The van der Waals surface area contributed by atoms with E-state index in [0.29, 0.717) is 12.1 Å². The molecule has 0 N–H and O–H groups in total. The van der Waals surface area contributed by atoms with Crippen LogP contribution in [0, 0.1) is 11.8 Å². The van der Waals surface area contributed by atoms with Crippen molar-refractivity contribution in [3.05, 3.63) is 0 Å². The minimum absolute atomic E-state index is 0.361. The molecule has 0 spiro atoms. The second-order valence-electron chi connectivity index (χ2n) is 3.53. The minimum atomic E-state index is 0.361. The largest absolute Gasteiger partial charge is 0.376 e. The summed E-state index contributed by atoms with van der Waals surface area (Å²) in [7, 11) is 0. The van der Waals surface area contributed by atoms with E-state index >= 15 is 0 Å². The lowest BCUT2D eigenvalue weighted by Gasteiger charge is -2.33. The van der Waals surface area contributed by atoms with Gasteiger partial charge < -0.3 is 4.74 Å². The summed E-state index contributed by atoms with van der Waals surface area (Å²) in [6, 6.07) is 0.381. The van der Waals surface area contributed by atoms with E-state index in [1.54, 1.807) is 0 Å². The third kappa shape index (κ3) is 3.38. The molecule has 0 aromatic carbocycles. The topological polar surface area (TPSA) is 12.5 Å². The number of morpholine rings is 1. The van der Waals surface area contributed by atoms with Crippen LogP contribution in [0.1, 0.15) is 27.2 Å². The van der Waals surface area contributed by atoms with Gasteiger partial charge in [-0.2, -0.15) is 0 Å². The third-order valence-electron chi connectivity index (χ3n) is 2.31. The average Bonchev–Trinajstić information content (AvgIpc) is 2.14. The van der Waals surface area contributed by atoms with Crippen LogP contribution in [0.25, 0.3) is 0 Å². The van der Waals surface area contributed by atoms with Crippen LogP contribution in [0.4, 0.5) is 0 Å². The van der Waals surface area contributed by atoms with Crippen LogP contribution in [-0.2, 0) is 4.74 Å². The maximum Gasteiger partial charge on any atom is 0.0687 e. The highest BCUT2D eigenvalue weighted by atomic mass is 16.5. The van der Waals surface area contributed by atoms with Gasteiger partial charge in [-0.05, 0) is 13.8 Å². The molecule has 1 saturated heterocycles. The quantitative estimate of drug-likeness (QED) is 0.569. The summed E-state index contributed by atoms with van der Waals surface area (Å²) in [5.41, 5.74) is 0. The predicted molar refractivity (Wildman–Crippen MR) is 54.5 cm³/mol. The highest BCUT2D eigenvalue weighted by molar-refractivity contribution is 5.06. The molecule has 1 unspecified atom stereocenters. The van der Waals surface area contributed by atoms with Crippen LogP contribution in [0.15, 0.2) is 0 Å². The van der Waals surface area contributed by atoms with Gasteiger partial charge in [-0.1, -0.05) is 12.8 Å². The van der Waals surface area contributed by atoms with E-state index in [-0.39, 0.29) is 0 Å². The van der Waals surface area contributed by atoms with E-state index in [4.69, 9.17) is 4.74 Å². The van der Waals surface area contributed by atoms with Crippen molar-refractivity contribution >= 4 is 0 Å². The van der Waals surface area contributed by atoms with E-state index in [1.165, 1.54) is 0 Å². The van der Waals surface area contributed by atoms with Crippen molar-refractivity contribution in [2.24, 2.45) is 0 Å². The Kier molecular flexibility index (Phi) is 4.27. The van der Waals surface area contributed by atoms with Gasteiger partial charge in [-0.3, -0.25) is 4.90 Å². The summed E-state index contributed by atoms with van der Waals surface area (Å²) in [6.07, 6.45) is 1.31. The molecule has 1 aliphatic rings. The van der Waals surface area contributed by atoms with Gasteiger partial charge in [-0.15, -0.1) is 5.92 Å². The molecule has 0 amide bonds. The number of rotatable bonds is 1. The molecule has 1 rings (SSSR count). The summed E-state index contributed by atoms with van der Waals surface area (Å²) in [5, 5.41) is 0. The minimum Gasteiger partial charge on any atom is -0.376 e. The summed E-state index contributed by atoms with van der Waals surface area (Å²) >= 11 is 0. The van der Waals surface area contributed by atoms with Crippen molar-refractivity contribution in [3.63, 3.8) is 0 Å². The van der Waals surface area contributed by atoms with E-state index in [9.17, 15) is 0 Å². The smallest absolute Gasteiger partial charge is 0.0687 e. The van der Waals surface area contributed by atoms with Gasteiger partial charge in [0.1, 0.15) is 0 Å². The molecule has 0 aliphatic carbocycles. The zero-order chi connectivity index (χ0) is 9.68. The van der Waals surface area contributed by atoms with Gasteiger partial charge >= 0.3 is 0 Å². The molecule has 1 fully saturated rings. The van der Waals surface area contributed by atoms with Gasteiger partial charge in [0.25, 0.3) is 0 Å². The van der Waals surface area contributed by atoms with Gasteiger partial charge in [0, 0.05) is 19.5 Å². The van der Waals surface area contributed by atoms with Crippen molar-refractivity contribution in [2.45, 2.75) is 39.3 Å². The fraction of sp³-hybridized carbons (Fsp3) is 0.818. The van der Waals surface area contributed by atoms with Crippen LogP contribution in [0.3, 0.4) is 0 Å². The standard InChI is InChI=1S/C11H19NO/c1-4-5-6-10(2)12-7-8-13-11(3)9-12/h10-11H,4,7-9H2,1-3H3/t10?,11-/m0/s1. The first-order valence-corrected chi connectivity index (χ1v) is 5.08. The molecular weight excluding hydrogens is 162 g/mol. The van der Waals surface area contributed by atoms with Crippen molar-refractivity contribution in [2.75, 3.05) is 19.7 Å². The first kappa shape index (κ1) is 10.6. The molecule has 0 aromatic rings. The molecule has 2 heteroatoms. The maximum absolute atomic E-state index is 5.47. The maximum atomic E-state index is 5.47. The van der Waals surface area contributed by atoms with Crippen LogP contribution in [-0.4, -0.2) is 36.7 Å². The van der Waals surface area contributed by atoms with Crippen molar-refractivity contribution in [1.29, 1.82) is 0 Å². The predicted octanol–water partition coefficient (Wildman–Crippen LogP) is 1.51. The normalized spacial score (nSPS) is 26.2. The number of hydrogen-bond acceptors (Lipinski definition) is 2. The first-order chi connectivity index (χ1) is 6.24. The van der Waals surface area contributed by atoms with Crippen molar-refractivity contribution in [3.8, 4) is 11.8 Å². The van der Waals surface area contributed by atoms with E-state index in [2.05, 4.69) is 37.5 Å². The molecule has 0 radical (unpaired) electrons. The zero-order valence-electron chi connectivity index (χ0n) is 8.84. The van der Waals surface area contributed by atoms with Crippen LogP contribution < -0.4 is 0 Å². The van der Waals surface area contributed by atoms with Gasteiger partial charge in [0.2, 0.25) is 0 Å². The second-order valence-corrected chi connectivity index (χ2v) is 3.53. The monoisotopic (exact) mass is 181 g/mol. The lowest BCUT2D eigenvalue weighted by molar-refractivity contribution is -0.0241. The Balaban J connectivity index is 2.41. The molecular formula is C11H19NO. The Morgan fingerprint density at radius 3 is 3.00 bits per heavy atom.